The third kappa shape index (κ3) is 3.55. The molecule has 3 rings (SSSR count). The Balaban J connectivity index is 1.89. The van der Waals surface area contributed by atoms with Gasteiger partial charge in [-0.05, 0) is 48.4 Å². The molecule has 0 atom stereocenters. The van der Waals surface area contributed by atoms with Crippen LogP contribution in [0.2, 0.25) is 0 Å². The van der Waals surface area contributed by atoms with Gasteiger partial charge in [-0.25, -0.2) is 8.42 Å². The first-order valence-corrected chi connectivity index (χ1v) is 9.63. The van der Waals surface area contributed by atoms with E-state index in [0.717, 1.165) is 0 Å². The lowest BCUT2D eigenvalue weighted by Gasteiger charge is -2.14. The standard InChI is InChI=1S/C18H19N3O4S/c1-3-17(22)19-14-5-4-6-15(11(14)2)21-26(24,25)13-7-8-16-12(9-13)10-18(23)20-16/h4-9,21H,3,10H2,1-2H3,(H,19,22)(H,20,23). The average Bonchev–Trinajstić information content (AvgIpc) is 2.97. The number of amides is 2. The Bertz CT molecular complexity index is 999. The topological polar surface area (TPSA) is 104 Å². The molecule has 1 aliphatic rings. The molecule has 2 aromatic carbocycles. The molecule has 0 radical (unpaired) electrons. The van der Waals surface area contributed by atoms with Crippen molar-refractivity contribution >= 4 is 38.9 Å². The summed E-state index contributed by atoms with van der Waals surface area (Å²) >= 11 is 0. The number of rotatable bonds is 5. The molecule has 2 amide bonds. The second kappa shape index (κ2) is 6.80. The normalized spacial score (nSPS) is 13.1. The lowest BCUT2D eigenvalue weighted by molar-refractivity contribution is -0.116. The molecule has 7 nitrogen and oxygen atoms in total. The zero-order chi connectivity index (χ0) is 18.9. The summed E-state index contributed by atoms with van der Waals surface area (Å²) < 4.78 is 28.0. The number of anilines is 3. The minimum atomic E-state index is -3.83. The van der Waals surface area contributed by atoms with E-state index in [1.807, 2.05) is 0 Å². The Labute approximate surface area is 151 Å². The van der Waals surface area contributed by atoms with Crippen LogP contribution < -0.4 is 15.4 Å². The monoisotopic (exact) mass is 373 g/mol. The molecule has 0 spiro atoms. The van der Waals surface area contributed by atoms with Crippen LogP contribution in [0.5, 0.6) is 0 Å². The fourth-order valence-corrected chi connectivity index (χ4v) is 3.87. The Hall–Kier alpha value is -2.87. The highest BCUT2D eigenvalue weighted by molar-refractivity contribution is 7.92. The van der Waals surface area contributed by atoms with Crippen LogP contribution >= 0.6 is 0 Å². The van der Waals surface area contributed by atoms with Gasteiger partial charge in [-0.2, -0.15) is 0 Å². The fourth-order valence-electron chi connectivity index (χ4n) is 2.70. The van der Waals surface area contributed by atoms with Gasteiger partial charge in [-0.1, -0.05) is 13.0 Å². The predicted octanol–water partition coefficient (Wildman–Crippen LogP) is 2.64. The van der Waals surface area contributed by atoms with Crippen LogP contribution in [-0.2, 0) is 26.0 Å². The van der Waals surface area contributed by atoms with Gasteiger partial charge in [-0.3, -0.25) is 14.3 Å². The fraction of sp³-hybridized carbons (Fsp3) is 0.222. The lowest BCUT2D eigenvalue weighted by atomic mass is 10.1. The smallest absolute Gasteiger partial charge is 0.261 e. The highest BCUT2D eigenvalue weighted by Gasteiger charge is 2.22. The number of fused-ring (bicyclic) bond motifs is 1. The lowest BCUT2D eigenvalue weighted by Crippen LogP contribution is -2.15. The second-order valence-electron chi connectivity index (χ2n) is 6.03. The van der Waals surface area contributed by atoms with Gasteiger partial charge < -0.3 is 10.6 Å². The number of benzene rings is 2. The van der Waals surface area contributed by atoms with E-state index in [1.54, 1.807) is 38.1 Å². The van der Waals surface area contributed by atoms with Crippen LogP contribution in [-0.4, -0.2) is 20.2 Å². The number of sulfonamides is 1. The van der Waals surface area contributed by atoms with Gasteiger partial charge in [0.1, 0.15) is 0 Å². The molecular formula is C18H19N3O4S. The summed E-state index contributed by atoms with van der Waals surface area (Å²) in [4.78, 5) is 23.1. The van der Waals surface area contributed by atoms with Crippen LogP contribution in [0.3, 0.4) is 0 Å². The molecule has 0 saturated carbocycles. The highest BCUT2D eigenvalue weighted by Crippen LogP contribution is 2.29. The van der Waals surface area contributed by atoms with Crippen molar-refractivity contribution in [3.8, 4) is 0 Å². The Morgan fingerprint density at radius 2 is 1.92 bits per heavy atom. The van der Waals surface area contributed by atoms with E-state index in [-0.39, 0.29) is 23.1 Å². The summed E-state index contributed by atoms with van der Waals surface area (Å²) in [6.07, 6.45) is 0.494. The van der Waals surface area contributed by atoms with Gasteiger partial charge in [0.2, 0.25) is 11.8 Å². The molecule has 1 aliphatic heterocycles. The van der Waals surface area contributed by atoms with Crippen LogP contribution in [0.15, 0.2) is 41.3 Å². The molecular weight excluding hydrogens is 354 g/mol. The number of hydrogen-bond donors (Lipinski definition) is 3. The first kappa shape index (κ1) is 17.9. The molecule has 136 valence electrons. The minimum absolute atomic E-state index is 0.0788. The molecule has 1 heterocycles. The molecule has 26 heavy (non-hydrogen) atoms. The van der Waals surface area contributed by atoms with Crippen molar-refractivity contribution in [3.63, 3.8) is 0 Å². The van der Waals surface area contributed by atoms with Gasteiger partial charge in [0.25, 0.3) is 10.0 Å². The van der Waals surface area contributed by atoms with Gasteiger partial charge in [0, 0.05) is 17.8 Å². The molecule has 3 N–H and O–H groups in total. The van der Waals surface area contributed by atoms with E-state index >= 15 is 0 Å². The van der Waals surface area contributed by atoms with E-state index in [9.17, 15) is 18.0 Å². The van der Waals surface area contributed by atoms with Gasteiger partial charge in [0.05, 0.1) is 17.0 Å². The molecule has 2 aromatic rings. The molecule has 0 aliphatic carbocycles. The minimum Gasteiger partial charge on any atom is -0.326 e. The van der Waals surface area contributed by atoms with Crippen LogP contribution in [0.4, 0.5) is 17.1 Å². The van der Waals surface area contributed by atoms with E-state index in [4.69, 9.17) is 0 Å². The largest absolute Gasteiger partial charge is 0.326 e. The van der Waals surface area contributed by atoms with Crippen molar-refractivity contribution in [3.05, 3.63) is 47.5 Å². The van der Waals surface area contributed by atoms with Crippen LogP contribution in [0, 0.1) is 6.92 Å². The third-order valence-corrected chi connectivity index (χ3v) is 5.55. The van der Waals surface area contributed by atoms with Crippen molar-refractivity contribution < 1.29 is 18.0 Å². The van der Waals surface area contributed by atoms with E-state index < -0.39 is 10.0 Å². The Morgan fingerprint density at radius 1 is 1.19 bits per heavy atom. The maximum Gasteiger partial charge on any atom is 0.261 e. The number of hydrogen-bond acceptors (Lipinski definition) is 4. The number of carbonyl (C=O) groups is 2. The molecule has 0 aromatic heterocycles. The maximum absolute atomic E-state index is 12.7. The molecule has 0 fully saturated rings. The Morgan fingerprint density at radius 3 is 2.65 bits per heavy atom. The predicted molar refractivity (Wildman–Crippen MR) is 99.7 cm³/mol. The molecule has 8 heteroatoms. The quantitative estimate of drug-likeness (QED) is 0.749. The molecule has 0 saturated heterocycles. The zero-order valence-corrected chi connectivity index (χ0v) is 15.2. The maximum atomic E-state index is 12.7. The molecule has 0 bridgehead atoms. The third-order valence-electron chi connectivity index (χ3n) is 4.19. The van der Waals surface area contributed by atoms with Gasteiger partial charge in [0.15, 0.2) is 0 Å². The number of carbonyl (C=O) groups excluding carboxylic acids is 2. The first-order valence-electron chi connectivity index (χ1n) is 8.15. The van der Waals surface area contributed by atoms with Crippen molar-refractivity contribution in [2.75, 3.05) is 15.4 Å². The first-order chi connectivity index (χ1) is 12.3. The summed E-state index contributed by atoms with van der Waals surface area (Å²) in [6.45, 7) is 3.47. The van der Waals surface area contributed by atoms with Crippen molar-refractivity contribution in [1.82, 2.24) is 0 Å². The summed E-state index contributed by atoms with van der Waals surface area (Å²) in [7, 11) is -3.83. The van der Waals surface area contributed by atoms with Gasteiger partial charge in [-0.15, -0.1) is 0 Å². The highest BCUT2D eigenvalue weighted by atomic mass is 32.2. The summed E-state index contributed by atoms with van der Waals surface area (Å²) in [5.74, 6) is -0.304. The second-order valence-corrected chi connectivity index (χ2v) is 7.71. The van der Waals surface area contributed by atoms with Crippen molar-refractivity contribution in [1.29, 1.82) is 0 Å². The van der Waals surface area contributed by atoms with Crippen LogP contribution in [0.1, 0.15) is 24.5 Å². The zero-order valence-electron chi connectivity index (χ0n) is 14.4. The summed E-state index contributed by atoms with van der Waals surface area (Å²) in [5.41, 5.74) is 2.85. The van der Waals surface area contributed by atoms with Crippen molar-refractivity contribution in [2.45, 2.75) is 31.6 Å². The summed E-state index contributed by atoms with van der Waals surface area (Å²) in [5, 5.41) is 5.42. The van der Waals surface area contributed by atoms with Crippen LogP contribution in [0.25, 0.3) is 0 Å². The average molecular weight is 373 g/mol. The molecule has 0 unspecified atom stereocenters. The summed E-state index contributed by atoms with van der Waals surface area (Å²) in [6, 6.07) is 9.54. The SMILES string of the molecule is CCC(=O)Nc1cccc(NS(=O)(=O)c2ccc3c(c2)CC(=O)N3)c1C. The van der Waals surface area contributed by atoms with E-state index in [1.165, 1.54) is 12.1 Å². The van der Waals surface area contributed by atoms with Crippen molar-refractivity contribution in [2.24, 2.45) is 0 Å². The number of nitrogens with one attached hydrogen (secondary N) is 3. The van der Waals surface area contributed by atoms with E-state index in [0.29, 0.717) is 34.6 Å². The Kier molecular flexibility index (Phi) is 4.69. The van der Waals surface area contributed by atoms with Gasteiger partial charge >= 0.3 is 0 Å². The van der Waals surface area contributed by atoms with E-state index in [2.05, 4.69) is 15.4 Å².